The van der Waals surface area contributed by atoms with Crippen molar-refractivity contribution in [1.82, 2.24) is 9.97 Å². The lowest BCUT2D eigenvalue weighted by Crippen LogP contribution is -1.84. The number of nitrogens with one attached hydrogen (secondary N) is 1. The summed E-state index contributed by atoms with van der Waals surface area (Å²) in [4.78, 5) is 7.79. The van der Waals surface area contributed by atoms with E-state index in [1.54, 1.807) is 17.8 Å². The molecule has 0 spiro atoms. The van der Waals surface area contributed by atoms with Gasteiger partial charge in [-0.25, -0.2) is 4.98 Å². The zero-order valence-corrected chi connectivity index (χ0v) is 13.4. The van der Waals surface area contributed by atoms with Gasteiger partial charge in [-0.3, -0.25) is 0 Å². The van der Waals surface area contributed by atoms with Gasteiger partial charge in [0.15, 0.2) is 5.16 Å². The molecule has 1 aromatic heterocycles. The Hall–Kier alpha value is -0.870. The summed E-state index contributed by atoms with van der Waals surface area (Å²) >= 11 is 13.7. The second kappa shape index (κ2) is 6.72. The predicted molar refractivity (Wildman–Crippen MR) is 89.4 cm³/mol. The molecule has 2 nitrogen and oxygen atoms in total. The number of hydrogen-bond donors (Lipinski definition) is 1. The average Bonchev–Trinajstić information content (AvgIpc) is 2.82. The summed E-state index contributed by atoms with van der Waals surface area (Å²) in [5.41, 5.74) is 3.03. The Labute approximate surface area is 137 Å². The first-order valence-corrected chi connectivity index (χ1v) is 7.48. The summed E-state index contributed by atoms with van der Waals surface area (Å²) in [6.07, 6.45) is 0. The second-order valence-corrected chi connectivity index (χ2v) is 5.89. The number of aromatic nitrogens is 2. The number of fused-ring (bicyclic) bond motifs is 1. The highest BCUT2D eigenvalue weighted by Crippen LogP contribution is 2.28. The van der Waals surface area contributed by atoms with Crippen LogP contribution in [0.4, 0.5) is 0 Å². The van der Waals surface area contributed by atoms with E-state index in [1.807, 2.05) is 36.4 Å². The first-order chi connectivity index (χ1) is 9.22. The smallest absolute Gasteiger partial charge is 0.166 e. The number of aromatic amines is 1. The van der Waals surface area contributed by atoms with Crippen molar-refractivity contribution in [1.29, 1.82) is 0 Å². The molecule has 0 fully saturated rings. The molecule has 0 saturated heterocycles. The highest BCUT2D eigenvalue weighted by Gasteiger charge is 2.06. The van der Waals surface area contributed by atoms with Gasteiger partial charge in [0.25, 0.3) is 0 Å². The minimum atomic E-state index is 0. The number of nitrogens with zero attached hydrogens (tertiary/aromatic N) is 1. The van der Waals surface area contributed by atoms with Crippen LogP contribution >= 0.6 is 47.4 Å². The van der Waals surface area contributed by atoms with Crippen LogP contribution in [0.2, 0.25) is 10.0 Å². The molecule has 3 aromatic rings. The van der Waals surface area contributed by atoms with E-state index in [0.717, 1.165) is 32.5 Å². The highest BCUT2D eigenvalue weighted by atomic mass is 35.5. The van der Waals surface area contributed by atoms with Gasteiger partial charge < -0.3 is 4.98 Å². The predicted octanol–water partition coefficient (Wildman–Crippen LogP) is 5.58. The summed E-state index contributed by atoms with van der Waals surface area (Å²) in [6.45, 7) is 0. The van der Waals surface area contributed by atoms with Gasteiger partial charge in [-0.05, 0) is 35.9 Å². The third kappa shape index (κ3) is 3.41. The number of para-hydroxylation sites is 2. The maximum Gasteiger partial charge on any atom is 0.166 e. The number of H-pyrrole nitrogens is 1. The molecule has 3 rings (SSSR count). The molecule has 0 amide bonds. The molecule has 0 aliphatic rings. The van der Waals surface area contributed by atoms with Crippen molar-refractivity contribution in [2.24, 2.45) is 0 Å². The van der Waals surface area contributed by atoms with Gasteiger partial charge in [-0.2, -0.15) is 0 Å². The van der Waals surface area contributed by atoms with Gasteiger partial charge in [0, 0.05) is 15.8 Å². The van der Waals surface area contributed by atoms with Crippen molar-refractivity contribution in [2.45, 2.75) is 10.9 Å². The maximum atomic E-state index is 6.14. The molecule has 2 aromatic carbocycles. The van der Waals surface area contributed by atoms with Gasteiger partial charge in [0.1, 0.15) is 0 Å². The summed E-state index contributed by atoms with van der Waals surface area (Å²) in [5.74, 6) is 0.735. The molecule has 6 heteroatoms. The van der Waals surface area contributed by atoms with E-state index in [-0.39, 0.29) is 12.4 Å². The standard InChI is InChI=1S/C14H10Cl2N2S.ClH/c15-10-5-6-11(16)9(7-10)8-19-14-17-12-3-1-2-4-13(12)18-14;/h1-7H,8H2,(H,17,18);1H. The lowest BCUT2D eigenvalue weighted by molar-refractivity contribution is 1.08. The van der Waals surface area contributed by atoms with Gasteiger partial charge in [-0.1, -0.05) is 47.1 Å². The number of imidazole rings is 1. The summed E-state index contributed by atoms with van der Waals surface area (Å²) in [5, 5.41) is 2.31. The number of rotatable bonds is 3. The molecule has 0 saturated carbocycles. The first-order valence-electron chi connectivity index (χ1n) is 5.74. The van der Waals surface area contributed by atoms with Crippen LogP contribution in [0.3, 0.4) is 0 Å². The van der Waals surface area contributed by atoms with Crippen molar-refractivity contribution in [3.05, 3.63) is 58.1 Å². The van der Waals surface area contributed by atoms with Gasteiger partial charge >= 0.3 is 0 Å². The molecule has 1 heterocycles. The Balaban J connectivity index is 0.00000147. The van der Waals surface area contributed by atoms with Crippen molar-refractivity contribution < 1.29 is 0 Å². The minimum Gasteiger partial charge on any atom is -0.333 e. The molecule has 1 N–H and O–H groups in total. The Morgan fingerprint density at radius 3 is 2.70 bits per heavy atom. The summed E-state index contributed by atoms with van der Waals surface area (Å²) in [7, 11) is 0. The van der Waals surface area contributed by atoms with Crippen molar-refractivity contribution in [3.63, 3.8) is 0 Å². The zero-order valence-electron chi connectivity index (χ0n) is 10.3. The number of benzene rings is 2. The number of halogens is 3. The lowest BCUT2D eigenvalue weighted by Gasteiger charge is -2.03. The maximum absolute atomic E-state index is 6.14. The normalized spacial score (nSPS) is 10.5. The molecule has 104 valence electrons. The van der Waals surface area contributed by atoms with Crippen LogP contribution in [0.15, 0.2) is 47.6 Å². The Morgan fingerprint density at radius 1 is 1.10 bits per heavy atom. The molecule has 20 heavy (non-hydrogen) atoms. The molecule has 0 radical (unpaired) electrons. The van der Waals surface area contributed by atoms with Crippen LogP contribution in [0.5, 0.6) is 0 Å². The Bertz CT molecular complexity index is 694. The first kappa shape index (κ1) is 15.5. The molecule has 0 unspecified atom stereocenters. The fourth-order valence-electron chi connectivity index (χ4n) is 1.80. The number of thioether (sulfide) groups is 1. The molecule has 0 aliphatic heterocycles. The van der Waals surface area contributed by atoms with E-state index >= 15 is 0 Å². The quantitative estimate of drug-likeness (QED) is 0.627. The van der Waals surface area contributed by atoms with Crippen LogP contribution in [-0.2, 0) is 5.75 Å². The largest absolute Gasteiger partial charge is 0.333 e. The van der Waals surface area contributed by atoms with Crippen LogP contribution in [0, 0.1) is 0 Å². The molecule has 0 bridgehead atoms. The van der Waals surface area contributed by atoms with Gasteiger partial charge in [-0.15, -0.1) is 12.4 Å². The fourth-order valence-corrected chi connectivity index (χ4v) is 3.13. The van der Waals surface area contributed by atoms with Crippen LogP contribution in [0.25, 0.3) is 11.0 Å². The summed E-state index contributed by atoms with van der Waals surface area (Å²) < 4.78 is 0. The Kier molecular flexibility index (Phi) is 5.22. The van der Waals surface area contributed by atoms with E-state index in [0.29, 0.717) is 5.02 Å². The third-order valence-corrected chi connectivity index (χ3v) is 4.27. The molecule has 0 atom stereocenters. The van der Waals surface area contributed by atoms with E-state index < -0.39 is 0 Å². The SMILES string of the molecule is Cl.Clc1ccc(Cl)c(CSc2nc3ccccc3[nH]2)c1. The van der Waals surface area contributed by atoms with E-state index in [2.05, 4.69) is 9.97 Å². The molecule has 0 aliphatic carbocycles. The zero-order chi connectivity index (χ0) is 13.2. The van der Waals surface area contributed by atoms with Crippen molar-refractivity contribution >= 4 is 58.4 Å². The highest BCUT2D eigenvalue weighted by molar-refractivity contribution is 7.98. The van der Waals surface area contributed by atoms with Crippen LogP contribution < -0.4 is 0 Å². The van der Waals surface area contributed by atoms with Gasteiger partial charge in [0.05, 0.1) is 11.0 Å². The van der Waals surface area contributed by atoms with Crippen LogP contribution in [0.1, 0.15) is 5.56 Å². The monoisotopic (exact) mass is 344 g/mol. The second-order valence-electron chi connectivity index (χ2n) is 4.08. The van der Waals surface area contributed by atoms with E-state index in [9.17, 15) is 0 Å². The fraction of sp³-hybridized carbons (Fsp3) is 0.0714. The Morgan fingerprint density at radius 2 is 1.90 bits per heavy atom. The van der Waals surface area contributed by atoms with E-state index in [1.165, 1.54) is 0 Å². The topological polar surface area (TPSA) is 28.7 Å². The lowest BCUT2D eigenvalue weighted by atomic mass is 10.2. The average molecular weight is 346 g/mol. The van der Waals surface area contributed by atoms with Gasteiger partial charge in [0.2, 0.25) is 0 Å². The van der Waals surface area contributed by atoms with E-state index in [4.69, 9.17) is 23.2 Å². The van der Waals surface area contributed by atoms with Crippen molar-refractivity contribution in [2.75, 3.05) is 0 Å². The molecular weight excluding hydrogens is 335 g/mol. The third-order valence-electron chi connectivity index (χ3n) is 2.74. The van der Waals surface area contributed by atoms with Crippen LogP contribution in [-0.4, -0.2) is 9.97 Å². The minimum absolute atomic E-state index is 0. The molecular formula is C14H11Cl3N2S. The number of hydrogen-bond acceptors (Lipinski definition) is 2. The summed E-state index contributed by atoms with van der Waals surface area (Å²) in [6, 6.07) is 13.5. The van der Waals surface area contributed by atoms with Crippen molar-refractivity contribution in [3.8, 4) is 0 Å².